The normalized spacial score (nSPS) is 24.1. The first-order valence-corrected chi connectivity index (χ1v) is 10.8. The molecule has 4 rings (SSSR count). The Bertz CT molecular complexity index is 401. The number of allylic oxidation sites excluding steroid dienone is 8. The molecule has 0 spiro atoms. The van der Waals surface area contributed by atoms with E-state index in [9.17, 15) is 0 Å². The molecule has 0 nitrogen and oxygen atoms in total. The Labute approximate surface area is 183 Å². The van der Waals surface area contributed by atoms with E-state index in [4.69, 9.17) is 0 Å². The smallest absolute Gasteiger partial charge is 1.00 e. The molecule has 4 aliphatic carbocycles. The third-order valence-corrected chi connectivity index (χ3v) is 4.42. The molecule has 2 atom stereocenters. The first kappa shape index (κ1) is 26.6. The summed E-state index contributed by atoms with van der Waals surface area (Å²) in [7, 11) is 0.750. The molecule has 2 fully saturated rings. The number of fused-ring (bicyclic) bond motifs is 2. The molecular formula is C20H29Cl2HfSi. The summed E-state index contributed by atoms with van der Waals surface area (Å²) in [6.45, 7) is 4.42. The Morgan fingerprint density at radius 2 is 1.21 bits per heavy atom. The van der Waals surface area contributed by atoms with Gasteiger partial charge >= 0.3 is 25.8 Å². The van der Waals surface area contributed by atoms with E-state index in [2.05, 4.69) is 62.4 Å². The van der Waals surface area contributed by atoms with Crippen molar-refractivity contribution in [2.45, 2.75) is 51.6 Å². The summed E-state index contributed by atoms with van der Waals surface area (Å²) in [5.41, 5.74) is 3.16. The van der Waals surface area contributed by atoms with Crippen LogP contribution in [-0.4, -0.2) is 9.52 Å². The SMILES string of the molecule is C1=CCC2CC[CH-]C2=C1.C1=CCC2CC[CH-]C2=C1.C[SiH]C.[Cl-].[Cl-].[Hf+4]. The average Bonchev–Trinajstić information content (AvgIpc) is 3.17. The van der Waals surface area contributed by atoms with Crippen LogP contribution in [0.1, 0.15) is 38.5 Å². The molecule has 1 radical (unpaired) electrons. The minimum atomic E-state index is 0. The van der Waals surface area contributed by atoms with E-state index in [0.717, 1.165) is 21.4 Å². The van der Waals surface area contributed by atoms with Gasteiger partial charge in [0.05, 0.1) is 0 Å². The predicted octanol–water partition coefficient (Wildman–Crippen LogP) is -0.501. The molecule has 4 aliphatic rings. The van der Waals surface area contributed by atoms with E-state index in [1.54, 1.807) is 11.1 Å². The fraction of sp³-hybridized carbons (Fsp3) is 0.500. The number of rotatable bonds is 0. The first-order valence-electron chi connectivity index (χ1n) is 8.49. The summed E-state index contributed by atoms with van der Waals surface area (Å²) in [6, 6.07) is 0. The van der Waals surface area contributed by atoms with Crippen molar-refractivity contribution >= 4 is 9.52 Å². The number of hydrogen-bond donors (Lipinski definition) is 0. The van der Waals surface area contributed by atoms with E-state index < -0.39 is 0 Å². The maximum Gasteiger partial charge on any atom is 4.00 e. The van der Waals surface area contributed by atoms with Crippen LogP contribution >= 0.6 is 0 Å². The van der Waals surface area contributed by atoms with Crippen LogP contribution in [0.2, 0.25) is 13.1 Å². The van der Waals surface area contributed by atoms with Crippen LogP contribution < -0.4 is 24.8 Å². The molecule has 0 saturated heterocycles. The zero-order valence-electron chi connectivity index (χ0n) is 14.8. The van der Waals surface area contributed by atoms with Gasteiger partial charge in [0.1, 0.15) is 0 Å². The molecule has 2 saturated carbocycles. The molecule has 0 heterocycles. The maximum absolute atomic E-state index is 2.37. The molecule has 4 heteroatoms. The van der Waals surface area contributed by atoms with Gasteiger partial charge in [0.2, 0.25) is 0 Å². The zero-order chi connectivity index (χ0) is 14.9. The van der Waals surface area contributed by atoms with Gasteiger partial charge in [-0.1, -0.05) is 25.9 Å². The summed E-state index contributed by atoms with van der Waals surface area (Å²) in [5.74, 6) is 1.77. The summed E-state index contributed by atoms with van der Waals surface area (Å²) >= 11 is 0. The van der Waals surface area contributed by atoms with Gasteiger partial charge in [-0.05, 0) is 24.7 Å². The van der Waals surface area contributed by atoms with E-state index in [1.807, 2.05) is 0 Å². The van der Waals surface area contributed by atoms with Crippen LogP contribution in [0.5, 0.6) is 0 Å². The van der Waals surface area contributed by atoms with Crippen molar-refractivity contribution in [2.24, 2.45) is 11.8 Å². The van der Waals surface area contributed by atoms with Crippen molar-refractivity contribution in [1.82, 2.24) is 0 Å². The number of hydrogen-bond acceptors (Lipinski definition) is 0. The zero-order valence-corrected chi connectivity index (χ0v) is 21.1. The molecule has 0 N–H and O–H groups in total. The Morgan fingerprint density at radius 3 is 1.54 bits per heavy atom. The Balaban J connectivity index is 0. The maximum atomic E-state index is 2.37. The molecule has 0 amide bonds. The molecule has 0 aliphatic heterocycles. The van der Waals surface area contributed by atoms with Crippen molar-refractivity contribution in [3.8, 4) is 0 Å². The molecule has 0 aromatic carbocycles. The second-order valence-corrected chi connectivity index (χ2v) is 7.35. The third-order valence-electron chi connectivity index (χ3n) is 4.42. The Kier molecular flexibility index (Phi) is 17.3. The van der Waals surface area contributed by atoms with Crippen molar-refractivity contribution in [3.05, 3.63) is 60.4 Å². The molecule has 131 valence electrons. The van der Waals surface area contributed by atoms with Gasteiger partial charge in [-0.3, -0.25) is 0 Å². The van der Waals surface area contributed by atoms with E-state index >= 15 is 0 Å². The summed E-state index contributed by atoms with van der Waals surface area (Å²) in [4.78, 5) is 0. The van der Waals surface area contributed by atoms with Gasteiger partial charge < -0.3 is 24.8 Å². The average molecular weight is 547 g/mol. The Morgan fingerprint density at radius 1 is 0.833 bits per heavy atom. The molecule has 0 aromatic heterocycles. The first-order chi connectivity index (χ1) is 10.3. The molecule has 0 aromatic rings. The third kappa shape index (κ3) is 8.65. The minimum Gasteiger partial charge on any atom is -1.00 e. The molecule has 0 bridgehead atoms. The largest absolute Gasteiger partial charge is 4.00 e. The van der Waals surface area contributed by atoms with Gasteiger partial charge in [0, 0.05) is 9.52 Å². The van der Waals surface area contributed by atoms with Gasteiger partial charge in [0.15, 0.2) is 0 Å². The van der Waals surface area contributed by atoms with Crippen molar-refractivity contribution in [1.29, 1.82) is 0 Å². The second kappa shape index (κ2) is 15.6. The van der Waals surface area contributed by atoms with E-state index in [-0.39, 0.29) is 50.7 Å². The summed E-state index contributed by atoms with van der Waals surface area (Å²) in [6.07, 6.45) is 26.1. The van der Waals surface area contributed by atoms with Crippen LogP contribution in [0.4, 0.5) is 0 Å². The predicted molar refractivity (Wildman–Crippen MR) is 96.6 cm³/mol. The Hall–Kier alpha value is 0.367. The topological polar surface area (TPSA) is 0 Å². The van der Waals surface area contributed by atoms with Crippen LogP contribution in [-0.2, 0) is 25.8 Å². The van der Waals surface area contributed by atoms with Gasteiger partial charge in [-0.15, -0.1) is 37.1 Å². The standard InChI is InChI=1S/2C9H11.C2H7Si.2ClH.Hf/c2*1-2-5-9-7-3-6-8(9)4-1;1-3-2;;;/h2*1-2,4,6,9H,3,5,7H2;3H,1-2H3;2*1H;/q2*-1;;;;+4/p-2. The monoisotopic (exact) mass is 547 g/mol. The fourth-order valence-electron chi connectivity index (χ4n) is 3.33. The molecule has 2 unspecified atom stereocenters. The van der Waals surface area contributed by atoms with Crippen molar-refractivity contribution in [2.75, 3.05) is 0 Å². The minimum absolute atomic E-state index is 0. The summed E-state index contributed by atoms with van der Waals surface area (Å²) in [5, 5.41) is 0. The van der Waals surface area contributed by atoms with Crippen molar-refractivity contribution < 1.29 is 50.7 Å². The van der Waals surface area contributed by atoms with Gasteiger partial charge in [-0.2, -0.15) is 0 Å². The fourth-order valence-corrected chi connectivity index (χ4v) is 3.33. The quantitative estimate of drug-likeness (QED) is 0.284. The van der Waals surface area contributed by atoms with Crippen molar-refractivity contribution in [3.63, 3.8) is 0 Å². The molecular weight excluding hydrogens is 518 g/mol. The van der Waals surface area contributed by atoms with Crippen LogP contribution in [0.15, 0.2) is 47.6 Å². The van der Waals surface area contributed by atoms with E-state index in [0.29, 0.717) is 0 Å². The van der Waals surface area contributed by atoms with Gasteiger partial charge in [0.25, 0.3) is 0 Å². The van der Waals surface area contributed by atoms with Crippen LogP contribution in [0.3, 0.4) is 0 Å². The van der Waals surface area contributed by atoms with Crippen LogP contribution in [0.25, 0.3) is 0 Å². The van der Waals surface area contributed by atoms with E-state index in [1.165, 1.54) is 38.5 Å². The molecule has 24 heavy (non-hydrogen) atoms. The number of halogens is 2. The summed E-state index contributed by atoms with van der Waals surface area (Å²) < 4.78 is 0. The second-order valence-electron chi connectivity index (χ2n) is 6.20. The van der Waals surface area contributed by atoms with Gasteiger partial charge in [-0.25, -0.2) is 36.1 Å². The van der Waals surface area contributed by atoms with Crippen LogP contribution in [0, 0.1) is 24.7 Å².